The number of hydrogen-bond donors (Lipinski definition) is 0. The van der Waals surface area contributed by atoms with E-state index >= 15 is 0 Å². The number of piperazine rings is 1. The van der Waals surface area contributed by atoms with Crippen LogP contribution in [0.4, 0.5) is 0 Å². The van der Waals surface area contributed by atoms with Crippen LogP contribution < -0.4 is 0 Å². The van der Waals surface area contributed by atoms with Crippen molar-refractivity contribution in [2.45, 2.75) is 17.1 Å². The molecular formula is C19H23N3O4S3. The van der Waals surface area contributed by atoms with Gasteiger partial charge in [-0.1, -0.05) is 12.1 Å². The Bertz CT molecular complexity index is 949. The van der Waals surface area contributed by atoms with Crippen LogP contribution >= 0.6 is 22.7 Å². The van der Waals surface area contributed by atoms with E-state index in [1.807, 2.05) is 17.5 Å². The molecule has 0 aliphatic carbocycles. The van der Waals surface area contributed by atoms with Crippen molar-refractivity contribution in [3.8, 4) is 0 Å². The molecule has 4 heterocycles. The summed E-state index contributed by atoms with van der Waals surface area (Å²) in [6.07, 6.45) is 1.38. The fourth-order valence-corrected chi connectivity index (χ4v) is 7.20. The van der Waals surface area contributed by atoms with Crippen LogP contribution in [-0.4, -0.2) is 73.6 Å². The number of piperidine rings is 1. The summed E-state index contributed by atoms with van der Waals surface area (Å²) < 4.78 is 27.4. The number of carbonyl (C=O) groups excluding carboxylic acids is 2. The van der Waals surface area contributed by atoms with Crippen LogP contribution in [0.5, 0.6) is 0 Å². The van der Waals surface area contributed by atoms with Crippen molar-refractivity contribution in [2.24, 2.45) is 5.92 Å². The zero-order chi connectivity index (χ0) is 20.4. The molecule has 0 unspecified atom stereocenters. The Balaban J connectivity index is 1.36. The standard InChI is InChI=1S/C19H23N3O4S3/c23-18(20-8-10-21(11-9-20)19(24)16-5-2-12-27-16)15-4-1-7-22(14-15)29(25,26)17-6-3-13-28-17/h2-3,5-6,12-13,15H,1,4,7-11,14H2/t15-/m0/s1. The molecule has 2 aromatic rings. The van der Waals surface area contributed by atoms with Gasteiger partial charge in [0, 0.05) is 39.3 Å². The summed E-state index contributed by atoms with van der Waals surface area (Å²) in [5, 5.41) is 3.63. The molecule has 29 heavy (non-hydrogen) atoms. The first-order valence-corrected chi connectivity index (χ1v) is 12.8. The number of amides is 2. The van der Waals surface area contributed by atoms with Crippen molar-refractivity contribution >= 4 is 44.5 Å². The lowest BCUT2D eigenvalue weighted by molar-refractivity contribution is -0.138. The molecule has 2 aliphatic rings. The predicted molar refractivity (Wildman–Crippen MR) is 113 cm³/mol. The maximum atomic E-state index is 13.0. The van der Waals surface area contributed by atoms with Gasteiger partial charge in [-0.3, -0.25) is 9.59 Å². The number of carbonyl (C=O) groups is 2. The Morgan fingerprint density at radius 2 is 1.62 bits per heavy atom. The highest BCUT2D eigenvalue weighted by Gasteiger charge is 2.36. The third-order valence-electron chi connectivity index (χ3n) is 5.43. The minimum atomic E-state index is -3.53. The zero-order valence-corrected chi connectivity index (χ0v) is 18.3. The van der Waals surface area contributed by atoms with Gasteiger partial charge in [0.05, 0.1) is 10.8 Å². The second-order valence-corrected chi connectivity index (χ2v) is 11.3. The zero-order valence-electron chi connectivity index (χ0n) is 15.9. The molecule has 0 spiro atoms. The Kier molecular flexibility index (Phi) is 6.05. The summed E-state index contributed by atoms with van der Waals surface area (Å²) >= 11 is 2.62. The van der Waals surface area contributed by atoms with Gasteiger partial charge >= 0.3 is 0 Å². The number of rotatable bonds is 4. The van der Waals surface area contributed by atoms with Crippen molar-refractivity contribution in [1.82, 2.24) is 14.1 Å². The molecule has 0 bridgehead atoms. The molecule has 156 valence electrons. The first-order valence-electron chi connectivity index (χ1n) is 9.62. The van der Waals surface area contributed by atoms with Gasteiger partial charge in [-0.2, -0.15) is 4.31 Å². The van der Waals surface area contributed by atoms with Crippen molar-refractivity contribution in [3.63, 3.8) is 0 Å². The molecule has 1 atom stereocenters. The Hall–Kier alpha value is -1.75. The molecule has 2 amide bonds. The minimum Gasteiger partial charge on any atom is -0.339 e. The molecule has 0 aromatic carbocycles. The lowest BCUT2D eigenvalue weighted by Crippen LogP contribution is -2.54. The quantitative estimate of drug-likeness (QED) is 0.711. The topological polar surface area (TPSA) is 78.0 Å². The van der Waals surface area contributed by atoms with E-state index < -0.39 is 10.0 Å². The van der Waals surface area contributed by atoms with Gasteiger partial charge in [-0.05, 0) is 35.7 Å². The molecule has 10 heteroatoms. The van der Waals surface area contributed by atoms with Gasteiger partial charge < -0.3 is 9.80 Å². The predicted octanol–water partition coefficient (Wildman–Crippen LogP) is 2.19. The largest absolute Gasteiger partial charge is 0.339 e. The smallest absolute Gasteiger partial charge is 0.264 e. The van der Waals surface area contributed by atoms with Crippen LogP contribution in [0.25, 0.3) is 0 Å². The Morgan fingerprint density at radius 1 is 0.931 bits per heavy atom. The van der Waals surface area contributed by atoms with Crippen LogP contribution in [0.3, 0.4) is 0 Å². The monoisotopic (exact) mass is 453 g/mol. The fourth-order valence-electron chi connectivity index (χ4n) is 3.84. The van der Waals surface area contributed by atoms with Crippen molar-refractivity contribution < 1.29 is 18.0 Å². The maximum Gasteiger partial charge on any atom is 0.264 e. The highest BCUT2D eigenvalue weighted by molar-refractivity contribution is 7.91. The molecule has 7 nitrogen and oxygen atoms in total. The lowest BCUT2D eigenvalue weighted by Gasteiger charge is -2.38. The summed E-state index contributed by atoms with van der Waals surface area (Å²) in [6, 6.07) is 7.00. The number of thiophene rings is 2. The average molecular weight is 454 g/mol. The summed E-state index contributed by atoms with van der Waals surface area (Å²) in [7, 11) is -3.53. The molecule has 0 saturated carbocycles. The van der Waals surface area contributed by atoms with E-state index in [4.69, 9.17) is 0 Å². The van der Waals surface area contributed by atoms with Gasteiger partial charge in [0.2, 0.25) is 5.91 Å². The van der Waals surface area contributed by atoms with Crippen LogP contribution in [0.2, 0.25) is 0 Å². The van der Waals surface area contributed by atoms with Crippen molar-refractivity contribution in [3.05, 3.63) is 39.9 Å². The molecule has 2 fully saturated rings. The second kappa shape index (κ2) is 8.55. The molecule has 2 aliphatic heterocycles. The van der Waals surface area contributed by atoms with Crippen LogP contribution in [0.15, 0.2) is 39.2 Å². The number of hydrogen-bond acceptors (Lipinski definition) is 6. The summed E-state index contributed by atoms with van der Waals surface area (Å²) in [5.41, 5.74) is 0. The normalized spacial score (nSPS) is 21.3. The average Bonchev–Trinajstić information content (AvgIpc) is 3.47. The third kappa shape index (κ3) is 4.25. The first kappa shape index (κ1) is 20.5. The van der Waals surface area contributed by atoms with E-state index in [-0.39, 0.29) is 24.3 Å². The second-order valence-electron chi connectivity index (χ2n) is 7.23. The SMILES string of the molecule is O=C(c1cccs1)N1CCN(C(=O)[C@H]2CCCN(S(=O)(=O)c3cccs3)C2)CC1. The van der Waals surface area contributed by atoms with Gasteiger partial charge in [0.25, 0.3) is 15.9 Å². The van der Waals surface area contributed by atoms with Gasteiger partial charge in [-0.25, -0.2) is 8.42 Å². The van der Waals surface area contributed by atoms with Gasteiger partial charge in [-0.15, -0.1) is 22.7 Å². The van der Waals surface area contributed by atoms with Crippen molar-refractivity contribution in [2.75, 3.05) is 39.3 Å². The Morgan fingerprint density at radius 3 is 2.28 bits per heavy atom. The van der Waals surface area contributed by atoms with Crippen molar-refractivity contribution in [1.29, 1.82) is 0 Å². The first-order chi connectivity index (χ1) is 14.0. The molecule has 2 saturated heterocycles. The minimum absolute atomic E-state index is 0.000646. The molecule has 0 N–H and O–H groups in total. The van der Waals surface area contributed by atoms with E-state index in [2.05, 4.69) is 0 Å². The van der Waals surface area contributed by atoms with E-state index in [1.54, 1.807) is 27.3 Å². The summed E-state index contributed by atoms with van der Waals surface area (Å²) in [6.45, 7) is 2.67. The highest BCUT2D eigenvalue weighted by atomic mass is 32.2. The van der Waals surface area contributed by atoms with Crippen LogP contribution in [0.1, 0.15) is 22.5 Å². The van der Waals surface area contributed by atoms with E-state index in [1.165, 1.54) is 27.0 Å². The summed E-state index contributed by atoms with van der Waals surface area (Å²) in [5.74, 6) is -0.310. The van der Waals surface area contributed by atoms with E-state index in [0.717, 1.165) is 0 Å². The van der Waals surface area contributed by atoms with Gasteiger partial charge in [0.15, 0.2) is 0 Å². The van der Waals surface area contributed by atoms with E-state index in [0.29, 0.717) is 54.7 Å². The van der Waals surface area contributed by atoms with E-state index in [9.17, 15) is 18.0 Å². The Labute approximate surface area is 178 Å². The van der Waals surface area contributed by atoms with Crippen LogP contribution in [-0.2, 0) is 14.8 Å². The highest BCUT2D eigenvalue weighted by Crippen LogP contribution is 2.27. The molecule has 4 rings (SSSR count). The third-order valence-corrected chi connectivity index (χ3v) is 9.53. The molecule has 2 aromatic heterocycles. The fraction of sp³-hybridized carbons (Fsp3) is 0.474. The van der Waals surface area contributed by atoms with Crippen LogP contribution in [0, 0.1) is 5.92 Å². The maximum absolute atomic E-state index is 13.0. The molecule has 0 radical (unpaired) electrons. The number of sulfonamides is 1. The van der Waals surface area contributed by atoms with Gasteiger partial charge in [0.1, 0.15) is 4.21 Å². The molecular weight excluding hydrogens is 430 g/mol. The number of nitrogens with zero attached hydrogens (tertiary/aromatic N) is 3. The summed E-state index contributed by atoms with van der Waals surface area (Å²) in [4.78, 5) is 29.8. The lowest BCUT2D eigenvalue weighted by atomic mass is 9.97.